The van der Waals surface area contributed by atoms with E-state index >= 15 is 0 Å². The van der Waals surface area contributed by atoms with Crippen molar-refractivity contribution >= 4 is 21.4 Å². The molecule has 1 aliphatic rings. The zero-order chi connectivity index (χ0) is 14.8. The fourth-order valence-electron chi connectivity index (χ4n) is 1.89. The van der Waals surface area contributed by atoms with Crippen molar-refractivity contribution in [3.63, 3.8) is 0 Å². The molecule has 1 amide bonds. The second-order valence-electron chi connectivity index (χ2n) is 4.88. The number of sulfone groups is 1. The molecular weight excluding hydrogens is 282 g/mol. The lowest BCUT2D eigenvalue weighted by atomic mass is 9.90. The number of ether oxygens (including phenoxy) is 1. The zero-order valence-electron chi connectivity index (χ0n) is 11.1. The number of pyridine rings is 1. The van der Waals surface area contributed by atoms with Crippen LogP contribution in [0, 0.1) is 0 Å². The topological polar surface area (TPSA) is 111 Å². The predicted molar refractivity (Wildman–Crippen MR) is 72.9 cm³/mol. The lowest BCUT2D eigenvalue weighted by Crippen LogP contribution is -2.54. The van der Waals surface area contributed by atoms with Crippen LogP contribution in [0.1, 0.15) is 12.8 Å². The highest BCUT2D eigenvalue weighted by molar-refractivity contribution is 7.90. The fourth-order valence-corrected chi connectivity index (χ4v) is 2.45. The average Bonchev–Trinajstić information content (AvgIpc) is 2.39. The number of rotatable bonds is 3. The third kappa shape index (κ3) is 3.33. The SMILES string of the molecule is CS(=O)(=O)c1ccc(NC(=O)C2(N)CCOCC2)cn1. The molecule has 2 heterocycles. The van der Waals surface area contributed by atoms with Gasteiger partial charge in [0.15, 0.2) is 14.9 Å². The minimum atomic E-state index is -3.35. The molecule has 0 spiro atoms. The number of hydrogen-bond acceptors (Lipinski definition) is 6. The Balaban J connectivity index is 2.08. The molecule has 1 aromatic heterocycles. The summed E-state index contributed by atoms with van der Waals surface area (Å²) >= 11 is 0. The van der Waals surface area contributed by atoms with E-state index in [1.165, 1.54) is 18.3 Å². The van der Waals surface area contributed by atoms with Crippen molar-refractivity contribution in [1.29, 1.82) is 0 Å². The number of anilines is 1. The first kappa shape index (κ1) is 14.9. The number of carbonyl (C=O) groups excluding carboxylic acids is 1. The van der Waals surface area contributed by atoms with E-state index in [4.69, 9.17) is 10.5 Å². The number of carbonyl (C=O) groups is 1. The molecule has 1 aromatic rings. The molecule has 0 radical (unpaired) electrons. The molecule has 0 unspecified atom stereocenters. The fraction of sp³-hybridized carbons (Fsp3) is 0.500. The van der Waals surface area contributed by atoms with Crippen LogP contribution in [0.15, 0.2) is 23.4 Å². The van der Waals surface area contributed by atoms with Crippen LogP contribution in [-0.2, 0) is 19.4 Å². The Hall–Kier alpha value is -1.51. The van der Waals surface area contributed by atoms with Gasteiger partial charge in [-0.2, -0.15) is 0 Å². The number of amides is 1. The van der Waals surface area contributed by atoms with E-state index in [0.717, 1.165) is 6.26 Å². The minimum absolute atomic E-state index is 0.0379. The van der Waals surface area contributed by atoms with E-state index in [9.17, 15) is 13.2 Å². The van der Waals surface area contributed by atoms with Gasteiger partial charge in [0, 0.05) is 19.5 Å². The van der Waals surface area contributed by atoms with Crippen molar-refractivity contribution in [2.45, 2.75) is 23.4 Å². The lowest BCUT2D eigenvalue weighted by molar-refractivity contribution is -0.124. The van der Waals surface area contributed by atoms with Gasteiger partial charge in [-0.3, -0.25) is 4.79 Å². The standard InChI is InChI=1S/C12H17N3O4S/c1-20(17,18)10-3-2-9(8-14-10)15-11(16)12(13)4-6-19-7-5-12/h2-3,8H,4-7,13H2,1H3,(H,15,16). The van der Waals surface area contributed by atoms with E-state index in [1.807, 2.05) is 0 Å². The summed E-state index contributed by atoms with van der Waals surface area (Å²) in [7, 11) is -3.35. The maximum Gasteiger partial charge on any atom is 0.244 e. The van der Waals surface area contributed by atoms with E-state index < -0.39 is 15.4 Å². The highest BCUT2D eigenvalue weighted by Crippen LogP contribution is 2.20. The maximum atomic E-state index is 12.1. The first-order valence-electron chi connectivity index (χ1n) is 6.15. The third-order valence-electron chi connectivity index (χ3n) is 3.21. The summed E-state index contributed by atoms with van der Waals surface area (Å²) in [6.07, 6.45) is 3.28. The van der Waals surface area contributed by atoms with Crippen molar-refractivity contribution in [2.75, 3.05) is 24.8 Å². The summed E-state index contributed by atoms with van der Waals surface area (Å²) in [6, 6.07) is 2.84. The largest absolute Gasteiger partial charge is 0.381 e. The molecule has 3 N–H and O–H groups in total. The Bertz CT molecular complexity index is 592. The molecule has 110 valence electrons. The number of nitrogens with one attached hydrogen (secondary N) is 1. The van der Waals surface area contributed by atoms with Gasteiger partial charge in [-0.05, 0) is 25.0 Å². The van der Waals surface area contributed by atoms with Crippen LogP contribution in [0.5, 0.6) is 0 Å². The molecule has 20 heavy (non-hydrogen) atoms. The second kappa shape index (κ2) is 5.47. The van der Waals surface area contributed by atoms with Gasteiger partial charge in [0.2, 0.25) is 5.91 Å². The van der Waals surface area contributed by atoms with E-state index in [1.54, 1.807) is 0 Å². The van der Waals surface area contributed by atoms with Gasteiger partial charge < -0.3 is 15.8 Å². The van der Waals surface area contributed by atoms with Gasteiger partial charge in [-0.25, -0.2) is 13.4 Å². The molecule has 0 aromatic carbocycles. The van der Waals surface area contributed by atoms with E-state index in [0.29, 0.717) is 31.7 Å². The Morgan fingerprint density at radius 3 is 2.55 bits per heavy atom. The summed E-state index contributed by atoms with van der Waals surface area (Å²) in [5.41, 5.74) is 5.51. The Morgan fingerprint density at radius 2 is 2.05 bits per heavy atom. The number of nitrogens with zero attached hydrogens (tertiary/aromatic N) is 1. The molecule has 7 nitrogen and oxygen atoms in total. The molecule has 1 fully saturated rings. The van der Waals surface area contributed by atoms with E-state index in [2.05, 4.69) is 10.3 Å². The number of nitrogens with two attached hydrogens (primary N) is 1. The van der Waals surface area contributed by atoms with Gasteiger partial charge in [-0.15, -0.1) is 0 Å². The van der Waals surface area contributed by atoms with Crippen LogP contribution in [0.4, 0.5) is 5.69 Å². The quantitative estimate of drug-likeness (QED) is 0.808. The first-order valence-corrected chi connectivity index (χ1v) is 8.05. The van der Waals surface area contributed by atoms with Crippen molar-refractivity contribution < 1.29 is 17.9 Å². The van der Waals surface area contributed by atoms with Crippen LogP contribution in [0.2, 0.25) is 0 Å². The maximum absolute atomic E-state index is 12.1. The van der Waals surface area contributed by atoms with Crippen molar-refractivity contribution in [3.05, 3.63) is 18.3 Å². The molecule has 0 aliphatic carbocycles. The molecule has 0 atom stereocenters. The molecule has 0 saturated carbocycles. The van der Waals surface area contributed by atoms with Gasteiger partial charge >= 0.3 is 0 Å². The molecular formula is C12H17N3O4S. The van der Waals surface area contributed by atoms with Gasteiger partial charge in [-0.1, -0.05) is 0 Å². The van der Waals surface area contributed by atoms with Crippen LogP contribution in [0.3, 0.4) is 0 Å². The minimum Gasteiger partial charge on any atom is -0.381 e. The first-order chi connectivity index (χ1) is 9.31. The molecule has 1 saturated heterocycles. The van der Waals surface area contributed by atoms with Crippen molar-refractivity contribution in [3.8, 4) is 0 Å². The normalized spacial score (nSPS) is 18.5. The predicted octanol–water partition coefficient (Wildman–Crippen LogP) is -0.0685. The molecule has 8 heteroatoms. The molecule has 1 aliphatic heterocycles. The Kier molecular flexibility index (Phi) is 4.07. The number of hydrogen-bond donors (Lipinski definition) is 2. The van der Waals surface area contributed by atoms with Gasteiger partial charge in [0.1, 0.15) is 5.54 Å². The average molecular weight is 299 g/mol. The zero-order valence-corrected chi connectivity index (χ0v) is 11.9. The summed E-state index contributed by atoms with van der Waals surface area (Å²) in [5.74, 6) is -0.310. The Labute approximate surface area is 117 Å². The summed E-state index contributed by atoms with van der Waals surface area (Å²) in [5, 5.41) is 2.62. The highest BCUT2D eigenvalue weighted by Gasteiger charge is 2.35. The molecule has 0 bridgehead atoms. The molecule has 2 rings (SSSR count). The summed E-state index contributed by atoms with van der Waals surface area (Å²) < 4.78 is 27.7. The third-order valence-corrected chi connectivity index (χ3v) is 4.21. The van der Waals surface area contributed by atoms with Crippen molar-refractivity contribution in [2.24, 2.45) is 5.73 Å². The lowest BCUT2D eigenvalue weighted by Gasteiger charge is -2.31. The second-order valence-corrected chi connectivity index (χ2v) is 6.84. The van der Waals surface area contributed by atoms with E-state index in [-0.39, 0.29) is 10.9 Å². The number of aromatic nitrogens is 1. The highest BCUT2D eigenvalue weighted by atomic mass is 32.2. The summed E-state index contributed by atoms with van der Waals surface area (Å²) in [6.45, 7) is 0.907. The smallest absolute Gasteiger partial charge is 0.244 e. The van der Waals surface area contributed by atoms with Gasteiger partial charge in [0.25, 0.3) is 0 Å². The van der Waals surface area contributed by atoms with Crippen LogP contribution in [-0.4, -0.2) is 44.3 Å². The summed E-state index contributed by atoms with van der Waals surface area (Å²) in [4.78, 5) is 15.9. The van der Waals surface area contributed by atoms with Gasteiger partial charge in [0.05, 0.1) is 11.9 Å². The van der Waals surface area contributed by atoms with Crippen LogP contribution < -0.4 is 11.1 Å². The van der Waals surface area contributed by atoms with Crippen LogP contribution >= 0.6 is 0 Å². The van der Waals surface area contributed by atoms with Crippen LogP contribution in [0.25, 0.3) is 0 Å². The Morgan fingerprint density at radius 1 is 1.40 bits per heavy atom. The van der Waals surface area contributed by atoms with Crippen molar-refractivity contribution in [1.82, 2.24) is 4.98 Å². The monoisotopic (exact) mass is 299 g/mol.